The second-order valence-electron chi connectivity index (χ2n) is 9.90. The molecule has 3 aromatic heterocycles. The van der Waals surface area contributed by atoms with Gasteiger partial charge in [0.1, 0.15) is 15.9 Å². The van der Waals surface area contributed by atoms with Crippen LogP contribution in [0.2, 0.25) is 0 Å². The first-order chi connectivity index (χ1) is 15.9. The van der Waals surface area contributed by atoms with Crippen LogP contribution in [0.3, 0.4) is 0 Å². The van der Waals surface area contributed by atoms with E-state index in [-0.39, 0.29) is 11.9 Å². The highest BCUT2D eigenvalue weighted by atomic mass is 32.1. The van der Waals surface area contributed by atoms with Crippen LogP contribution in [0.4, 0.5) is 9.52 Å². The maximum absolute atomic E-state index is 14.6. The van der Waals surface area contributed by atoms with Gasteiger partial charge in [-0.15, -0.1) is 0 Å². The fourth-order valence-corrected chi connectivity index (χ4v) is 6.43. The van der Waals surface area contributed by atoms with Crippen LogP contribution in [0.25, 0.3) is 32.5 Å². The third-order valence-corrected chi connectivity index (χ3v) is 8.49. The number of anilines is 1. The van der Waals surface area contributed by atoms with Crippen molar-refractivity contribution in [2.75, 3.05) is 11.9 Å². The average Bonchev–Trinajstić information content (AvgIpc) is 3.18. The SMILES string of the molecule is CN(c1nc2ccc(-c3cc(F)c4nn(C)cc4c3)nc2s1)C1CC2CC2CCC[C@@H](N)C1. The van der Waals surface area contributed by atoms with Crippen molar-refractivity contribution in [2.24, 2.45) is 24.6 Å². The molecule has 2 aliphatic rings. The largest absolute Gasteiger partial charge is 0.348 e. The molecule has 0 bridgehead atoms. The molecule has 0 amide bonds. The maximum Gasteiger partial charge on any atom is 0.187 e. The summed E-state index contributed by atoms with van der Waals surface area (Å²) in [4.78, 5) is 12.9. The molecule has 3 unspecified atom stereocenters. The highest BCUT2D eigenvalue weighted by Gasteiger charge is 2.40. The molecule has 3 heterocycles. The predicted octanol–water partition coefficient (Wildman–Crippen LogP) is 5.12. The molecule has 8 heteroatoms. The summed E-state index contributed by atoms with van der Waals surface area (Å²) >= 11 is 1.61. The Hall–Kier alpha value is -2.58. The lowest BCUT2D eigenvalue weighted by Gasteiger charge is -2.29. The van der Waals surface area contributed by atoms with Gasteiger partial charge in [-0.25, -0.2) is 14.4 Å². The quantitative estimate of drug-likeness (QED) is 0.456. The maximum atomic E-state index is 14.6. The normalized spacial score (nSPS) is 25.5. The molecular weight excluding hydrogens is 435 g/mol. The standard InChI is InChI=1S/C25H29FN6S/c1-31-13-17-9-16(11-20(26)23(17)30-31)21-6-7-22-24(28-21)33-25(29-22)32(2)19-10-15-8-14(15)4-3-5-18(27)12-19/h6-7,9,11,13-15,18-19H,3-5,8,10,12,27H2,1-2H3/t14?,15?,18-,19?/m1/s1. The smallest absolute Gasteiger partial charge is 0.187 e. The molecule has 33 heavy (non-hydrogen) atoms. The van der Waals surface area contributed by atoms with Gasteiger partial charge >= 0.3 is 0 Å². The van der Waals surface area contributed by atoms with Gasteiger partial charge in [-0.3, -0.25) is 4.68 Å². The number of hydrogen-bond donors (Lipinski definition) is 1. The molecule has 2 fully saturated rings. The van der Waals surface area contributed by atoms with Crippen molar-refractivity contribution in [3.63, 3.8) is 0 Å². The molecule has 0 radical (unpaired) electrons. The number of nitrogens with two attached hydrogens (primary N) is 1. The van der Waals surface area contributed by atoms with Crippen molar-refractivity contribution in [3.05, 3.63) is 36.3 Å². The number of nitrogens with zero attached hydrogens (tertiary/aromatic N) is 5. The minimum absolute atomic E-state index is 0.256. The zero-order valence-corrected chi connectivity index (χ0v) is 19.9. The van der Waals surface area contributed by atoms with Crippen molar-refractivity contribution in [1.82, 2.24) is 19.7 Å². The number of benzene rings is 1. The molecule has 2 N–H and O–H groups in total. The van der Waals surface area contributed by atoms with E-state index in [1.165, 1.54) is 31.7 Å². The van der Waals surface area contributed by atoms with Gasteiger partial charge < -0.3 is 10.6 Å². The molecule has 6 rings (SSSR count). The zero-order chi connectivity index (χ0) is 22.7. The summed E-state index contributed by atoms with van der Waals surface area (Å²) in [5.41, 5.74) is 9.22. The highest BCUT2D eigenvalue weighted by molar-refractivity contribution is 7.21. The van der Waals surface area contributed by atoms with Crippen LogP contribution in [0, 0.1) is 17.7 Å². The highest BCUT2D eigenvalue weighted by Crippen LogP contribution is 2.47. The van der Waals surface area contributed by atoms with Crippen molar-refractivity contribution < 1.29 is 4.39 Å². The predicted molar refractivity (Wildman–Crippen MR) is 132 cm³/mol. The van der Waals surface area contributed by atoms with Crippen LogP contribution in [0.15, 0.2) is 30.5 Å². The summed E-state index contributed by atoms with van der Waals surface area (Å²) in [7, 11) is 3.95. The van der Waals surface area contributed by atoms with Crippen molar-refractivity contribution in [2.45, 2.75) is 50.6 Å². The van der Waals surface area contributed by atoms with Gasteiger partial charge in [-0.05, 0) is 61.8 Å². The Morgan fingerprint density at radius 3 is 2.88 bits per heavy atom. The van der Waals surface area contributed by atoms with Crippen LogP contribution in [-0.4, -0.2) is 38.9 Å². The number of fused-ring (bicyclic) bond motifs is 3. The number of hydrogen-bond acceptors (Lipinski definition) is 6. The minimum Gasteiger partial charge on any atom is -0.348 e. The van der Waals surface area contributed by atoms with E-state index in [2.05, 4.69) is 17.0 Å². The minimum atomic E-state index is -0.329. The van der Waals surface area contributed by atoms with Crippen molar-refractivity contribution >= 4 is 37.7 Å². The Morgan fingerprint density at radius 1 is 1.12 bits per heavy atom. The summed E-state index contributed by atoms with van der Waals surface area (Å²) in [6.45, 7) is 0. The molecule has 0 spiro atoms. The van der Waals surface area contributed by atoms with Gasteiger partial charge in [0.15, 0.2) is 10.9 Å². The molecule has 2 saturated carbocycles. The Bertz CT molecular complexity index is 1330. The van der Waals surface area contributed by atoms with Gasteiger partial charge in [0.25, 0.3) is 0 Å². The number of aromatic nitrogens is 4. The number of aryl methyl sites for hydroxylation is 1. The first-order valence-electron chi connectivity index (χ1n) is 11.8. The summed E-state index contributed by atoms with van der Waals surface area (Å²) in [6, 6.07) is 8.04. The monoisotopic (exact) mass is 464 g/mol. The third-order valence-electron chi connectivity index (χ3n) is 7.43. The van der Waals surface area contributed by atoms with Crippen LogP contribution in [0.1, 0.15) is 38.5 Å². The Balaban J connectivity index is 1.30. The molecule has 172 valence electrons. The number of rotatable bonds is 3. The third kappa shape index (κ3) is 3.99. The fourth-order valence-electron chi connectivity index (χ4n) is 5.46. The average molecular weight is 465 g/mol. The van der Waals surface area contributed by atoms with Crippen molar-refractivity contribution in [1.29, 1.82) is 0 Å². The molecule has 2 aliphatic carbocycles. The van der Waals surface area contributed by atoms with E-state index >= 15 is 0 Å². The summed E-state index contributed by atoms with van der Waals surface area (Å²) < 4.78 is 16.2. The van der Waals surface area contributed by atoms with Crippen LogP contribution >= 0.6 is 11.3 Å². The number of halogens is 1. The molecule has 0 saturated heterocycles. The van der Waals surface area contributed by atoms with E-state index in [4.69, 9.17) is 15.7 Å². The lowest BCUT2D eigenvalue weighted by atomic mass is 9.99. The van der Waals surface area contributed by atoms with E-state index in [1.807, 2.05) is 24.4 Å². The fraction of sp³-hybridized carbons (Fsp3) is 0.480. The molecule has 4 atom stereocenters. The van der Waals surface area contributed by atoms with Crippen molar-refractivity contribution in [3.8, 4) is 11.3 Å². The van der Waals surface area contributed by atoms with Gasteiger partial charge in [0, 0.05) is 43.3 Å². The lowest BCUT2D eigenvalue weighted by Crippen LogP contribution is -2.37. The molecule has 4 aromatic rings. The van der Waals surface area contributed by atoms with Crippen LogP contribution in [0.5, 0.6) is 0 Å². The molecule has 0 aliphatic heterocycles. The number of pyridine rings is 1. The summed E-state index contributed by atoms with van der Waals surface area (Å²) in [5, 5.41) is 5.95. The van der Waals surface area contributed by atoms with E-state index in [0.717, 1.165) is 56.8 Å². The van der Waals surface area contributed by atoms with Crippen LogP contribution in [-0.2, 0) is 7.05 Å². The topological polar surface area (TPSA) is 72.9 Å². The van der Waals surface area contributed by atoms with E-state index < -0.39 is 0 Å². The second kappa shape index (κ2) is 8.02. The lowest BCUT2D eigenvalue weighted by molar-refractivity contribution is 0.452. The Morgan fingerprint density at radius 2 is 2.00 bits per heavy atom. The second-order valence-corrected chi connectivity index (χ2v) is 10.9. The number of thiazole rings is 1. The zero-order valence-electron chi connectivity index (χ0n) is 19.0. The van der Waals surface area contributed by atoms with Crippen LogP contribution < -0.4 is 10.6 Å². The van der Waals surface area contributed by atoms with E-state index in [0.29, 0.717) is 11.6 Å². The Kier molecular flexibility index (Phi) is 5.10. The van der Waals surface area contributed by atoms with Gasteiger partial charge in [-0.1, -0.05) is 24.2 Å². The van der Waals surface area contributed by atoms with Gasteiger partial charge in [0.05, 0.1) is 5.69 Å². The first kappa shape index (κ1) is 21.0. The van der Waals surface area contributed by atoms with E-state index in [9.17, 15) is 4.39 Å². The van der Waals surface area contributed by atoms with Gasteiger partial charge in [-0.2, -0.15) is 5.10 Å². The Labute approximate surface area is 196 Å². The summed E-state index contributed by atoms with van der Waals surface area (Å²) in [6.07, 6.45) is 9.14. The first-order valence-corrected chi connectivity index (χ1v) is 12.7. The molecular formula is C25H29FN6S. The van der Waals surface area contributed by atoms with Gasteiger partial charge in [0.2, 0.25) is 0 Å². The van der Waals surface area contributed by atoms with E-state index in [1.54, 1.807) is 23.1 Å². The summed E-state index contributed by atoms with van der Waals surface area (Å²) in [5.74, 6) is 1.42. The molecule has 1 aromatic carbocycles. The molecule has 6 nitrogen and oxygen atoms in total.